The highest BCUT2D eigenvalue weighted by molar-refractivity contribution is 5.91. The van der Waals surface area contributed by atoms with Crippen molar-refractivity contribution in [3.8, 4) is 0 Å². The smallest absolute Gasteiger partial charge is 0.267 e. The number of hydrogen-bond donors (Lipinski definition) is 2. The van der Waals surface area contributed by atoms with Gasteiger partial charge in [-0.3, -0.25) is 4.79 Å². The molecule has 0 fully saturated rings. The summed E-state index contributed by atoms with van der Waals surface area (Å²) in [5.41, 5.74) is 5.24. The first-order valence-electron chi connectivity index (χ1n) is 3.59. The van der Waals surface area contributed by atoms with E-state index in [0.717, 1.165) is 6.54 Å². The molecule has 0 aromatic carbocycles. The van der Waals surface area contributed by atoms with Crippen LogP contribution in [-0.4, -0.2) is 22.4 Å². The Bertz CT molecular complexity index is 286. The van der Waals surface area contributed by atoms with Crippen LogP contribution in [0.2, 0.25) is 0 Å². The summed E-state index contributed by atoms with van der Waals surface area (Å²) in [4.78, 5) is 18.2. The summed E-state index contributed by atoms with van der Waals surface area (Å²) < 4.78 is 0. The monoisotopic (exact) mass is 166 g/mol. The van der Waals surface area contributed by atoms with Crippen molar-refractivity contribution < 1.29 is 4.79 Å². The molecule has 1 amide bonds. The Morgan fingerprint density at radius 1 is 1.67 bits per heavy atom. The minimum absolute atomic E-state index is 0.223. The van der Waals surface area contributed by atoms with Crippen LogP contribution in [0, 0.1) is 0 Å². The molecule has 1 heterocycles. The second-order valence-corrected chi connectivity index (χ2v) is 2.18. The van der Waals surface area contributed by atoms with Crippen molar-refractivity contribution in [1.82, 2.24) is 9.97 Å². The SMILES string of the molecule is CCNc1cc(C(N)=O)ncn1. The van der Waals surface area contributed by atoms with Gasteiger partial charge in [-0.15, -0.1) is 0 Å². The molecule has 0 atom stereocenters. The Kier molecular flexibility index (Phi) is 2.57. The molecule has 3 N–H and O–H groups in total. The first kappa shape index (κ1) is 8.45. The second kappa shape index (κ2) is 3.66. The highest BCUT2D eigenvalue weighted by Gasteiger charge is 2.02. The van der Waals surface area contributed by atoms with Gasteiger partial charge in [0.2, 0.25) is 0 Å². The number of nitrogens with two attached hydrogens (primary N) is 1. The molecule has 0 aliphatic heterocycles. The summed E-state index contributed by atoms with van der Waals surface area (Å²) in [6.07, 6.45) is 1.30. The van der Waals surface area contributed by atoms with E-state index in [9.17, 15) is 4.79 Å². The predicted octanol–water partition coefficient (Wildman–Crippen LogP) is 0.00730. The molecule has 0 aliphatic rings. The van der Waals surface area contributed by atoms with Crippen molar-refractivity contribution in [1.29, 1.82) is 0 Å². The Labute approximate surface area is 70.0 Å². The van der Waals surface area contributed by atoms with Crippen LogP contribution in [-0.2, 0) is 0 Å². The van der Waals surface area contributed by atoms with Crippen LogP contribution in [0.5, 0.6) is 0 Å². The molecule has 0 bridgehead atoms. The largest absolute Gasteiger partial charge is 0.370 e. The zero-order chi connectivity index (χ0) is 8.97. The van der Waals surface area contributed by atoms with Gasteiger partial charge in [0.15, 0.2) is 0 Å². The average molecular weight is 166 g/mol. The zero-order valence-corrected chi connectivity index (χ0v) is 6.74. The van der Waals surface area contributed by atoms with Crippen LogP contribution in [0.4, 0.5) is 5.82 Å². The van der Waals surface area contributed by atoms with Gasteiger partial charge in [0.25, 0.3) is 5.91 Å². The Morgan fingerprint density at radius 2 is 2.42 bits per heavy atom. The minimum Gasteiger partial charge on any atom is -0.370 e. The molecule has 5 heteroatoms. The van der Waals surface area contributed by atoms with Crippen LogP contribution in [0.3, 0.4) is 0 Å². The maximum absolute atomic E-state index is 10.7. The molecular formula is C7H10N4O. The molecule has 1 rings (SSSR count). The zero-order valence-electron chi connectivity index (χ0n) is 6.74. The predicted molar refractivity (Wildman–Crippen MR) is 44.7 cm³/mol. The van der Waals surface area contributed by atoms with Crippen LogP contribution in [0.25, 0.3) is 0 Å². The summed E-state index contributed by atoms with van der Waals surface area (Å²) in [6.45, 7) is 2.68. The van der Waals surface area contributed by atoms with Crippen molar-refractivity contribution in [2.24, 2.45) is 5.73 Å². The van der Waals surface area contributed by atoms with Crippen LogP contribution in [0.15, 0.2) is 12.4 Å². The van der Waals surface area contributed by atoms with Gasteiger partial charge < -0.3 is 11.1 Å². The highest BCUT2D eigenvalue weighted by atomic mass is 16.1. The number of carbonyl (C=O) groups excluding carboxylic acids is 1. The van der Waals surface area contributed by atoms with E-state index in [1.54, 1.807) is 0 Å². The molecule has 1 aromatic rings. The molecule has 0 unspecified atom stereocenters. The molecule has 0 aliphatic carbocycles. The fourth-order valence-corrected chi connectivity index (χ4v) is 0.770. The van der Waals surface area contributed by atoms with Gasteiger partial charge in [-0.25, -0.2) is 9.97 Å². The number of carbonyl (C=O) groups is 1. The number of nitrogens with one attached hydrogen (secondary N) is 1. The van der Waals surface area contributed by atoms with Crippen LogP contribution < -0.4 is 11.1 Å². The number of aromatic nitrogens is 2. The fourth-order valence-electron chi connectivity index (χ4n) is 0.770. The van der Waals surface area contributed by atoms with E-state index in [2.05, 4.69) is 15.3 Å². The summed E-state index contributed by atoms with van der Waals surface area (Å²) in [7, 11) is 0. The van der Waals surface area contributed by atoms with E-state index in [0.29, 0.717) is 5.82 Å². The lowest BCUT2D eigenvalue weighted by atomic mass is 10.4. The Balaban J connectivity index is 2.88. The number of primary amides is 1. The topological polar surface area (TPSA) is 80.9 Å². The van der Waals surface area contributed by atoms with Gasteiger partial charge >= 0.3 is 0 Å². The van der Waals surface area contributed by atoms with Gasteiger partial charge in [0.1, 0.15) is 17.8 Å². The standard InChI is InChI=1S/C7H10N4O/c1-2-9-6-3-5(7(8)12)10-4-11-6/h3-4H,2H2,1H3,(H2,8,12)(H,9,10,11). The van der Waals surface area contributed by atoms with Crippen LogP contribution >= 0.6 is 0 Å². The van der Waals surface area contributed by atoms with Crippen molar-refractivity contribution in [3.05, 3.63) is 18.1 Å². The number of amides is 1. The highest BCUT2D eigenvalue weighted by Crippen LogP contribution is 2.01. The summed E-state index contributed by atoms with van der Waals surface area (Å²) in [5, 5.41) is 2.94. The van der Waals surface area contributed by atoms with E-state index < -0.39 is 5.91 Å². The number of rotatable bonds is 3. The van der Waals surface area contributed by atoms with E-state index in [-0.39, 0.29) is 5.69 Å². The van der Waals surface area contributed by atoms with Gasteiger partial charge in [0, 0.05) is 12.6 Å². The second-order valence-electron chi connectivity index (χ2n) is 2.18. The summed E-state index contributed by atoms with van der Waals surface area (Å²) >= 11 is 0. The number of hydrogen-bond acceptors (Lipinski definition) is 4. The first-order chi connectivity index (χ1) is 5.74. The van der Waals surface area contributed by atoms with Crippen molar-refractivity contribution >= 4 is 11.7 Å². The summed E-state index contributed by atoms with van der Waals surface area (Å²) in [6, 6.07) is 1.52. The normalized spacial score (nSPS) is 9.42. The fraction of sp³-hybridized carbons (Fsp3) is 0.286. The summed E-state index contributed by atoms with van der Waals surface area (Å²) in [5.74, 6) is 0.0675. The van der Waals surface area contributed by atoms with Crippen molar-refractivity contribution in [2.45, 2.75) is 6.92 Å². The maximum Gasteiger partial charge on any atom is 0.267 e. The van der Waals surface area contributed by atoms with E-state index in [4.69, 9.17) is 5.73 Å². The molecule has 0 spiro atoms. The van der Waals surface area contributed by atoms with Gasteiger partial charge in [0.05, 0.1) is 0 Å². The molecule has 0 saturated carbocycles. The first-order valence-corrected chi connectivity index (χ1v) is 3.59. The van der Waals surface area contributed by atoms with Gasteiger partial charge in [-0.05, 0) is 6.92 Å². The third kappa shape index (κ3) is 1.91. The molecule has 12 heavy (non-hydrogen) atoms. The average Bonchev–Trinajstić information content (AvgIpc) is 2.05. The van der Waals surface area contributed by atoms with Gasteiger partial charge in [-0.2, -0.15) is 0 Å². The Morgan fingerprint density at radius 3 is 3.00 bits per heavy atom. The Hall–Kier alpha value is -1.65. The number of nitrogens with zero attached hydrogens (tertiary/aromatic N) is 2. The third-order valence-corrected chi connectivity index (χ3v) is 1.28. The van der Waals surface area contributed by atoms with Crippen molar-refractivity contribution in [3.63, 3.8) is 0 Å². The molecule has 64 valence electrons. The molecular weight excluding hydrogens is 156 g/mol. The lowest BCUT2D eigenvalue weighted by Gasteiger charge is -2.01. The molecule has 0 radical (unpaired) electrons. The van der Waals surface area contributed by atoms with E-state index in [1.165, 1.54) is 12.4 Å². The lowest BCUT2D eigenvalue weighted by Crippen LogP contribution is -2.14. The molecule has 0 saturated heterocycles. The third-order valence-electron chi connectivity index (χ3n) is 1.28. The lowest BCUT2D eigenvalue weighted by molar-refractivity contribution is 0.0995. The molecule has 5 nitrogen and oxygen atoms in total. The number of anilines is 1. The quantitative estimate of drug-likeness (QED) is 0.662. The van der Waals surface area contributed by atoms with E-state index in [1.807, 2.05) is 6.92 Å². The molecule has 1 aromatic heterocycles. The van der Waals surface area contributed by atoms with E-state index >= 15 is 0 Å². The maximum atomic E-state index is 10.7. The minimum atomic E-state index is -0.545. The van der Waals surface area contributed by atoms with Crippen LogP contribution in [0.1, 0.15) is 17.4 Å². The van der Waals surface area contributed by atoms with Crippen molar-refractivity contribution in [2.75, 3.05) is 11.9 Å². The van der Waals surface area contributed by atoms with Gasteiger partial charge in [-0.1, -0.05) is 0 Å².